The van der Waals surface area contributed by atoms with Gasteiger partial charge in [-0.15, -0.1) is 0 Å². The molecule has 0 aliphatic rings. The van der Waals surface area contributed by atoms with E-state index in [4.69, 9.17) is 14.2 Å². The molecule has 2 rings (SSSR count). The first-order chi connectivity index (χ1) is 14.8. The van der Waals surface area contributed by atoms with E-state index in [0.717, 1.165) is 12.8 Å². The van der Waals surface area contributed by atoms with E-state index in [0.29, 0.717) is 41.2 Å². The number of fused-ring (bicyclic) bond motifs is 1. The molecule has 178 valence electrons. The van der Waals surface area contributed by atoms with Crippen LogP contribution in [0.5, 0.6) is 11.5 Å². The summed E-state index contributed by atoms with van der Waals surface area (Å²) < 4.78 is 18.8. The standard InChI is InChI=1S/C25H38N2O5/c1-10-11-14-31-20-18-13-12-17(30-9)15-19(18)22(28)27(16-24(2,3)4)21(20)26(8)23(29)32-25(5,6)7/h12-13,15H,10-11,14,16H2,1-9H3. The largest absolute Gasteiger partial charge is 0.497 e. The molecule has 0 atom stereocenters. The fourth-order valence-electron chi connectivity index (χ4n) is 3.34. The minimum absolute atomic E-state index is 0.206. The third-order valence-corrected chi connectivity index (χ3v) is 4.77. The van der Waals surface area contributed by atoms with Gasteiger partial charge in [0.1, 0.15) is 11.4 Å². The van der Waals surface area contributed by atoms with E-state index in [1.807, 2.05) is 47.6 Å². The zero-order valence-electron chi connectivity index (χ0n) is 21.0. The average molecular weight is 447 g/mol. The predicted octanol–water partition coefficient (Wildman–Crippen LogP) is 5.61. The third kappa shape index (κ3) is 6.17. The quantitative estimate of drug-likeness (QED) is 0.517. The van der Waals surface area contributed by atoms with E-state index in [9.17, 15) is 9.59 Å². The second-order valence-corrected chi connectivity index (χ2v) is 10.3. The lowest BCUT2D eigenvalue weighted by atomic mass is 9.96. The molecule has 0 saturated carbocycles. The van der Waals surface area contributed by atoms with Gasteiger partial charge in [0.05, 0.1) is 19.1 Å². The monoisotopic (exact) mass is 446 g/mol. The Balaban J connectivity index is 2.86. The smallest absolute Gasteiger partial charge is 0.415 e. The molecule has 0 bridgehead atoms. The highest BCUT2D eigenvalue weighted by Gasteiger charge is 2.29. The van der Waals surface area contributed by atoms with Crippen LogP contribution in [-0.4, -0.2) is 37.0 Å². The van der Waals surface area contributed by atoms with Crippen molar-refractivity contribution in [1.82, 2.24) is 4.57 Å². The van der Waals surface area contributed by atoms with E-state index in [-0.39, 0.29) is 11.0 Å². The highest BCUT2D eigenvalue weighted by atomic mass is 16.6. The zero-order valence-corrected chi connectivity index (χ0v) is 21.0. The lowest BCUT2D eigenvalue weighted by Crippen LogP contribution is -2.39. The SMILES string of the molecule is CCCCOc1c(N(C)C(=O)OC(C)(C)C)n(CC(C)(C)C)c(=O)c2cc(OC)ccc12. The molecule has 0 fully saturated rings. The fraction of sp³-hybridized carbons (Fsp3) is 0.600. The molecule has 0 unspecified atom stereocenters. The Hall–Kier alpha value is -2.70. The molecule has 7 heteroatoms. The molecule has 0 N–H and O–H groups in total. The second kappa shape index (κ2) is 9.84. The molecular weight excluding hydrogens is 408 g/mol. The summed E-state index contributed by atoms with van der Waals surface area (Å²) in [7, 11) is 3.18. The van der Waals surface area contributed by atoms with Crippen LogP contribution < -0.4 is 19.9 Å². The summed E-state index contributed by atoms with van der Waals surface area (Å²) in [5.74, 6) is 1.48. The van der Waals surface area contributed by atoms with Crippen molar-refractivity contribution in [2.75, 3.05) is 25.7 Å². The van der Waals surface area contributed by atoms with E-state index in [1.165, 1.54) is 4.90 Å². The molecule has 2 aromatic rings. The normalized spacial score (nSPS) is 12.0. The summed E-state index contributed by atoms with van der Waals surface area (Å²) in [5.41, 5.74) is -1.10. The Kier molecular flexibility index (Phi) is 7.86. The first kappa shape index (κ1) is 25.6. The Morgan fingerprint density at radius 2 is 1.75 bits per heavy atom. The van der Waals surface area contributed by atoms with Crippen molar-refractivity contribution in [3.63, 3.8) is 0 Å². The lowest BCUT2D eigenvalue weighted by Gasteiger charge is -2.30. The van der Waals surface area contributed by atoms with Crippen molar-refractivity contribution in [1.29, 1.82) is 0 Å². The average Bonchev–Trinajstić information content (AvgIpc) is 2.68. The number of hydrogen-bond donors (Lipinski definition) is 0. The molecule has 1 aromatic heterocycles. The second-order valence-electron chi connectivity index (χ2n) is 10.3. The molecule has 1 amide bonds. The van der Waals surface area contributed by atoms with Crippen molar-refractivity contribution in [3.05, 3.63) is 28.6 Å². The van der Waals surface area contributed by atoms with Crippen LogP contribution in [0.15, 0.2) is 23.0 Å². The van der Waals surface area contributed by atoms with Crippen LogP contribution in [0.4, 0.5) is 10.6 Å². The predicted molar refractivity (Wildman–Crippen MR) is 129 cm³/mol. The number of benzene rings is 1. The van der Waals surface area contributed by atoms with Crippen LogP contribution in [0.2, 0.25) is 0 Å². The lowest BCUT2D eigenvalue weighted by molar-refractivity contribution is 0.0585. The first-order valence-corrected chi connectivity index (χ1v) is 11.1. The number of methoxy groups -OCH3 is 1. The number of ether oxygens (including phenoxy) is 3. The molecule has 0 saturated heterocycles. The molecule has 0 aliphatic heterocycles. The number of hydrogen-bond acceptors (Lipinski definition) is 5. The number of anilines is 1. The molecule has 32 heavy (non-hydrogen) atoms. The zero-order chi connectivity index (χ0) is 24.3. The van der Waals surface area contributed by atoms with Crippen LogP contribution in [0.3, 0.4) is 0 Å². The topological polar surface area (TPSA) is 70.0 Å². The van der Waals surface area contributed by atoms with Gasteiger partial charge in [0.25, 0.3) is 5.56 Å². The number of carbonyl (C=O) groups is 1. The van der Waals surface area contributed by atoms with Gasteiger partial charge >= 0.3 is 6.09 Å². The molecular formula is C25H38N2O5. The van der Waals surface area contributed by atoms with Gasteiger partial charge in [-0.2, -0.15) is 0 Å². The highest BCUT2D eigenvalue weighted by Crippen LogP contribution is 2.37. The fourth-order valence-corrected chi connectivity index (χ4v) is 3.34. The number of nitrogens with zero attached hydrogens (tertiary/aromatic N) is 2. The Labute approximate surface area is 191 Å². The Morgan fingerprint density at radius 1 is 1.09 bits per heavy atom. The van der Waals surface area contributed by atoms with Crippen LogP contribution in [-0.2, 0) is 11.3 Å². The van der Waals surface area contributed by atoms with E-state index >= 15 is 0 Å². The van der Waals surface area contributed by atoms with Crippen molar-refractivity contribution in [2.24, 2.45) is 5.41 Å². The van der Waals surface area contributed by atoms with Crippen molar-refractivity contribution >= 4 is 22.7 Å². The Bertz CT molecular complexity index is 1010. The van der Waals surface area contributed by atoms with Gasteiger partial charge in [0.2, 0.25) is 0 Å². The van der Waals surface area contributed by atoms with Crippen LogP contribution in [0.25, 0.3) is 10.8 Å². The van der Waals surface area contributed by atoms with Gasteiger partial charge in [-0.1, -0.05) is 34.1 Å². The summed E-state index contributed by atoms with van der Waals surface area (Å²) in [6.45, 7) is 14.5. The number of carbonyl (C=O) groups excluding carboxylic acids is 1. The number of pyridine rings is 1. The number of unbranched alkanes of at least 4 members (excludes halogenated alkanes) is 1. The molecule has 0 spiro atoms. The van der Waals surface area contributed by atoms with Gasteiger partial charge in [-0.3, -0.25) is 14.3 Å². The third-order valence-electron chi connectivity index (χ3n) is 4.77. The van der Waals surface area contributed by atoms with Crippen molar-refractivity contribution in [3.8, 4) is 11.5 Å². The van der Waals surface area contributed by atoms with Gasteiger partial charge < -0.3 is 14.2 Å². The summed E-state index contributed by atoms with van der Waals surface area (Å²) in [6.07, 6.45) is 1.27. The molecule has 7 nitrogen and oxygen atoms in total. The minimum atomic E-state index is -0.673. The summed E-state index contributed by atoms with van der Waals surface area (Å²) in [4.78, 5) is 28.1. The van der Waals surface area contributed by atoms with Gasteiger partial charge in [0, 0.05) is 19.0 Å². The maximum Gasteiger partial charge on any atom is 0.415 e. The van der Waals surface area contributed by atoms with Crippen LogP contribution in [0.1, 0.15) is 61.3 Å². The number of rotatable bonds is 7. The first-order valence-electron chi connectivity index (χ1n) is 11.1. The van der Waals surface area contributed by atoms with Crippen LogP contribution >= 0.6 is 0 Å². The van der Waals surface area contributed by atoms with Crippen molar-refractivity contribution < 1.29 is 19.0 Å². The summed E-state index contributed by atoms with van der Waals surface area (Å²) in [6, 6.07) is 5.32. The maximum absolute atomic E-state index is 13.7. The summed E-state index contributed by atoms with van der Waals surface area (Å²) >= 11 is 0. The number of aromatic nitrogens is 1. The van der Waals surface area contributed by atoms with E-state index in [1.54, 1.807) is 30.9 Å². The van der Waals surface area contributed by atoms with Crippen LogP contribution in [0, 0.1) is 5.41 Å². The van der Waals surface area contributed by atoms with Gasteiger partial charge in [-0.25, -0.2) is 4.79 Å². The van der Waals surface area contributed by atoms with E-state index < -0.39 is 11.7 Å². The molecule has 0 aliphatic carbocycles. The van der Waals surface area contributed by atoms with Gasteiger partial charge in [-0.05, 0) is 50.8 Å². The highest BCUT2D eigenvalue weighted by molar-refractivity contribution is 5.97. The Morgan fingerprint density at radius 3 is 2.28 bits per heavy atom. The summed E-state index contributed by atoms with van der Waals surface area (Å²) in [5, 5.41) is 1.13. The molecule has 1 aromatic carbocycles. The minimum Gasteiger partial charge on any atom is -0.497 e. The maximum atomic E-state index is 13.7. The number of amides is 1. The van der Waals surface area contributed by atoms with Gasteiger partial charge in [0.15, 0.2) is 11.6 Å². The van der Waals surface area contributed by atoms with E-state index in [2.05, 4.69) is 6.92 Å². The van der Waals surface area contributed by atoms with Crippen molar-refractivity contribution in [2.45, 2.75) is 73.5 Å². The molecule has 1 heterocycles. The molecule has 0 radical (unpaired) electrons.